The molecule has 8 heteroatoms. The minimum absolute atomic E-state index is 0.0998. The molecule has 0 aliphatic heterocycles. The Bertz CT molecular complexity index is 420. The number of hydrogen-bond donors (Lipinski definition) is 2. The number of alkyl halides is 3. The maximum Gasteiger partial charge on any atom is 0.573 e. The number of amides is 3. The van der Waals surface area contributed by atoms with Crippen molar-refractivity contribution in [2.24, 2.45) is 0 Å². The lowest BCUT2D eigenvalue weighted by Gasteiger charge is -2.13. The Morgan fingerprint density at radius 3 is 2.53 bits per heavy atom. The van der Waals surface area contributed by atoms with Gasteiger partial charge >= 0.3 is 12.4 Å². The summed E-state index contributed by atoms with van der Waals surface area (Å²) < 4.78 is 39.7. The number of halogens is 3. The molecule has 0 heterocycles. The molecule has 0 fully saturated rings. The molecule has 0 radical (unpaired) electrons. The van der Waals surface area contributed by atoms with Crippen molar-refractivity contribution < 1.29 is 27.5 Å². The smallest absolute Gasteiger partial charge is 0.404 e. The lowest BCUT2D eigenvalue weighted by atomic mass is 10.3. The highest BCUT2D eigenvalue weighted by molar-refractivity contribution is 5.96. The van der Waals surface area contributed by atoms with Crippen LogP contribution >= 0.6 is 0 Å². The molecule has 0 aliphatic carbocycles. The Morgan fingerprint density at radius 1 is 1.29 bits per heavy atom. The summed E-state index contributed by atoms with van der Waals surface area (Å²) in [4.78, 5) is 20.9. The summed E-state index contributed by atoms with van der Waals surface area (Å²) in [5.74, 6) is -0.568. The number of hydrogen-bond acceptors (Lipinski definition) is 3. The molecule has 1 rings (SSSR count). The molecule has 0 bridgehead atoms. The Kier molecular flexibility index (Phi) is 3.91. The fourth-order valence-electron chi connectivity index (χ4n) is 0.996. The van der Waals surface area contributed by atoms with Crippen LogP contribution in [-0.2, 0) is 4.79 Å². The average Bonchev–Trinajstić information content (AvgIpc) is 2.19. The lowest BCUT2D eigenvalue weighted by Crippen LogP contribution is -2.28. The summed E-state index contributed by atoms with van der Waals surface area (Å²) in [6, 6.07) is 3.98. The predicted molar refractivity (Wildman–Crippen MR) is 51.3 cm³/mol. The van der Waals surface area contributed by atoms with Gasteiger partial charge in [-0.3, -0.25) is 10.1 Å². The molecule has 0 saturated carbocycles. The van der Waals surface area contributed by atoms with Gasteiger partial charge in [-0.2, -0.15) is 0 Å². The number of carbonyl (C=O) groups is 2. The molecule has 0 spiro atoms. The van der Waals surface area contributed by atoms with E-state index < -0.39 is 18.1 Å². The van der Waals surface area contributed by atoms with Gasteiger partial charge in [0.1, 0.15) is 0 Å². The van der Waals surface area contributed by atoms with Crippen LogP contribution in [-0.4, -0.2) is 18.8 Å². The number of ether oxygens (including phenoxy) is 1. The number of benzene rings is 1. The number of imide groups is 1. The van der Waals surface area contributed by atoms with Gasteiger partial charge in [0.25, 0.3) is 0 Å². The van der Waals surface area contributed by atoms with Gasteiger partial charge in [-0.25, -0.2) is 4.79 Å². The van der Waals surface area contributed by atoms with Crippen molar-refractivity contribution >= 4 is 18.1 Å². The molecule has 0 aliphatic rings. The molecule has 92 valence electrons. The number of anilines is 1. The Hall–Kier alpha value is -2.25. The zero-order valence-corrected chi connectivity index (χ0v) is 8.25. The monoisotopic (exact) mass is 248 g/mol. The van der Waals surface area contributed by atoms with Gasteiger partial charge in [-0.15, -0.1) is 13.2 Å². The zero-order valence-electron chi connectivity index (χ0n) is 8.25. The maximum absolute atomic E-state index is 12.0. The first-order valence-electron chi connectivity index (χ1n) is 4.28. The summed E-state index contributed by atoms with van der Waals surface area (Å²) in [5, 5.41) is 3.74. The van der Waals surface area contributed by atoms with Crippen molar-refractivity contribution in [2.75, 3.05) is 5.32 Å². The Balaban J connectivity index is 2.84. The van der Waals surface area contributed by atoms with Crippen LogP contribution in [0.15, 0.2) is 24.3 Å². The van der Waals surface area contributed by atoms with E-state index in [2.05, 4.69) is 4.74 Å². The van der Waals surface area contributed by atoms with Crippen LogP contribution in [0.1, 0.15) is 0 Å². The van der Waals surface area contributed by atoms with E-state index in [9.17, 15) is 22.8 Å². The van der Waals surface area contributed by atoms with Crippen LogP contribution < -0.4 is 15.4 Å². The van der Waals surface area contributed by atoms with Gasteiger partial charge in [0.2, 0.25) is 6.41 Å². The highest BCUT2D eigenvalue weighted by Crippen LogP contribution is 2.29. The van der Waals surface area contributed by atoms with Gasteiger partial charge in [-0.1, -0.05) is 12.1 Å². The Labute approximate surface area is 93.6 Å². The second-order valence-electron chi connectivity index (χ2n) is 2.76. The van der Waals surface area contributed by atoms with E-state index in [1.807, 2.05) is 5.32 Å². The van der Waals surface area contributed by atoms with Crippen LogP contribution in [0.3, 0.4) is 0 Å². The number of nitrogens with one attached hydrogen (secondary N) is 2. The second kappa shape index (κ2) is 5.19. The van der Waals surface area contributed by atoms with Crippen LogP contribution in [0.5, 0.6) is 5.75 Å². The molecular formula is C9H7F3N2O3. The van der Waals surface area contributed by atoms with Crippen molar-refractivity contribution in [1.82, 2.24) is 5.32 Å². The van der Waals surface area contributed by atoms with Gasteiger partial charge in [0.15, 0.2) is 5.75 Å². The third-order valence-corrected chi connectivity index (χ3v) is 1.55. The number of para-hydroxylation sites is 2. The minimum Gasteiger partial charge on any atom is -0.404 e. The van der Waals surface area contributed by atoms with Crippen LogP contribution in [0, 0.1) is 0 Å². The van der Waals surface area contributed by atoms with Gasteiger partial charge in [-0.05, 0) is 12.1 Å². The molecule has 0 atom stereocenters. The highest BCUT2D eigenvalue weighted by atomic mass is 19.4. The van der Waals surface area contributed by atoms with Gasteiger partial charge in [0.05, 0.1) is 5.69 Å². The largest absolute Gasteiger partial charge is 0.573 e. The number of urea groups is 1. The first kappa shape index (κ1) is 12.8. The fraction of sp³-hybridized carbons (Fsp3) is 0.111. The average molecular weight is 248 g/mol. The third kappa shape index (κ3) is 4.41. The fourth-order valence-corrected chi connectivity index (χ4v) is 0.996. The first-order chi connectivity index (χ1) is 7.92. The molecule has 3 amide bonds. The quantitative estimate of drug-likeness (QED) is 0.802. The van der Waals surface area contributed by atoms with Crippen molar-refractivity contribution in [3.8, 4) is 5.75 Å². The molecule has 2 N–H and O–H groups in total. The SMILES string of the molecule is O=CNC(=O)Nc1ccccc1OC(F)(F)F. The van der Waals surface area contributed by atoms with Crippen molar-refractivity contribution in [2.45, 2.75) is 6.36 Å². The molecule has 17 heavy (non-hydrogen) atoms. The lowest BCUT2D eigenvalue weighted by molar-refractivity contribution is -0.274. The van der Waals surface area contributed by atoms with Gasteiger partial charge in [0, 0.05) is 0 Å². The van der Waals surface area contributed by atoms with Crippen LogP contribution in [0.25, 0.3) is 0 Å². The summed E-state index contributed by atoms with van der Waals surface area (Å²) >= 11 is 0. The zero-order chi connectivity index (χ0) is 12.9. The second-order valence-corrected chi connectivity index (χ2v) is 2.76. The van der Waals surface area contributed by atoms with Gasteiger partial charge < -0.3 is 10.1 Å². The van der Waals surface area contributed by atoms with Crippen molar-refractivity contribution in [1.29, 1.82) is 0 Å². The molecule has 0 unspecified atom stereocenters. The van der Waals surface area contributed by atoms with E-state index in [1.54, 1.807) is 5.32 Å². The van der Waals surface area contributed by atoms with E-state index in [0.717, 1.165) is 6.07 Å². The molecule has 5 nitrogen and oxygen atoms in total. The van der Waals surface area contributed by atoms with Crippen LogP contribution in [0.2, 0.25) is 0 Å². The van der Waals surface area contributed by atoms with E-state index in [0.29, 0.717) is 0 Å². The summed E-state index contributed by atoms with van der Waals surface area (Å²) in [5.41, 5.74) is -0.204. The van der Waals surface area contributed by atoms with Crippen LogP contribution in [0.4, 0.5) is 23.7 Å². The maximum atomic E-state index is 12.0. The first-order valence-corrected chi connectivity index (χ1v) is 4.28. The molecule has 1 aromatic carbocycles. The molecular weight excluding hydrogens is 241 g/mol. The molecule has 0 aromatic heterocycles. The summed E-state index contributed by atoms with van der Waals surface area (Å²) in [6.07, 6.45) is -4.76. The van der Waals surface area contributed by atoms with Crippen molar-refractivity contribution in [3.05, 3.63) is 24.3 Å². The standard InChI is InChI=1S/C9H7F3N2O3/c10-9(11,12)17-7-4-2-1-3-6(7)14-8(16)13-5-15/h1-5H,(H2,13,14,15,16). The topological polar surface area (TPSA) is 67.4 Å². The van der Waals surface area contributed by atoms with Crippen molar-refractivity contribution in [3.63, 3.8) is 0 Å². The van der Waals surface area contributed by atoms with E-state index in [-0.39, 0.29) is 12.1 Å². The number of rotatable bonds is 3. The summed E-state index contributed by atoms with van der Waals surface area (Å²) in [6.45, 7) is 0. The highest BCUT2D eigenvalue weighted by Gasteiger charge is 2.32. The Morgan fingerprint density at radius 2 is 1.94 bits per heavy atom. The van der Waals surface area contributed by atoms with E-state index in [1.165, 1.54) is 18.2 Å². The molecule has 1 aromatic rings. The predicted octanol–water partition coefficient (Wildman–Crippen LogP) is 1.86. The van der Waals surface area contributed by atoms with E-state index >= 15 is 0 Å². The number of carbonyl (C=O) groups excluding carboxylic acids is 2. The normalized spacial score (nSPS) is 10.5. The minimum atomic E-state index is -4.86. The van der Waals surface area contributed by atoms with E-state index in [4.69, 9.17) is 0 Å². The third-order valence-electron chi connectivity index (χ3n) is 1.55. The molecule has 0 saturated heterocycles. The summed E-state index contributed by atoms with van der Waals surface area (Å²) in [7, 11) is 0.